The van der Waals surface area contributed by atoms with E-state index < -0.39 is 18.5 Å². The number of carbonyl (C=O) groups is 2. The molecule has 166 valence electrons. The molecule has 0 aromatic heterocycles. The maximum atomic E-state index is 12.5. The number of hydrogen-bond acceptors (Lipinski definition) is 3. The molecule has 2 aromatic carbocycles. The molecule has 31 heavy (non-hydrogen) atoms. The van der Waals surface area contributed by atoms with Crippen LogP contribution in [0.25, 0.3) is 0 Å². The molecule has 1 aliphatic heterocycles. The Hall–Kier alpha value is -3.23. The lowest BCUT2D eigenvalue weighted by Gasteiger charge is -2.35. The van der Waals surface area contributed by atoms with Crippen molar-refractivity contribution in [3.8, 4) is 11.5 Å². The van der Waals surface area contributed by atoms with Crippen LogP contribution in [0, 0.1) is 0 Å². The number of hydrogen-bond donors (Lipinski definition) is 1. The number of halogens is 3. The van der Waals surface area contributed by atoms with Crippen LogP contribution in [0.5, 0.6) is 11.5 Å². The third kappa shape index (κ3) is 6.63. The zero-order valence-electron chi connectivity index (χ0n) is 17.1. The van der Waals surface area contributed by atoms with Crippen molar-refractivity contribution in [3.05, 3.63) is 60.2 Å². The molecule has 0 bridgehead atoms. The molecule has 6 nitrogen and oxygen atoms in total. The van der Waals surface area contributed by atoms with E-state index in [2.05, 4.69) is 5.32 Å². The summed E-state index contributed by atoms with van der Waals surface area (Å²) < 4.78 is 42.9. The second-order valence-electron chi connectivity index (χ2n) is 7.32. The summed E-state index contributed by atoms with van der Waals surface area (Å²) in [6, 6.07) is 16.1. The highest BCUT2D eigenvalue weighted by atomic mass is 19.4. The Labute approximate surface area is 178 Å². The first-order valence-electron chi connectivity index (χ1n) is 9.94. The molecule has 1 unspecified atom stereocenters. The molecule has 0 saturated carbocycles. The smallest absolute Gasteiger partial charge is 0.397 e. The van der Waals surface area contributed by atoms with Gasteiger partial charge in [-0.3, -0.25) is 4.79 Å². The summed E-state index contributed by atoms with van der Waals surface area (Å²) in [5, 5.41) is 2.88. The summed E-state index contributed by atoms with van der Waals surface area (Å²) in [6.07, 6.45) is -6.00. The molecule has 0 spiro atoms. The van der Waals surface area contributed by atoms with E-state index >= 15 is 0 Å². The van der Waals surface area contributed by atoms with Gasteiger partial charge in [0.2, 0.25) is 5.91 Å². The van der Waals surface area contributed by atoms with E-state index in [-0.39, 0.29) is 38.3 Å². The van der Waals surface area contributed by atoms with Crippen molar-refractivity contribution in [2.24, 2.45) is 0 Å². The summed E-state index contributed by atoms with van der Waals surface area (Å²) in [5.41, 5.74) is 0.882. The number of nitrogens with one attached hydrogen (secondary N) is 1. The molecule has 0 radical (unpaired) electrons. The minimum absolute atomic E-state index is 0.0856. The summed E-state index contributed by atoms with van der Waals surface area (Å²) >= 11 is 0. The number of amides is 3. The van der Waals surface area contributed by atoms with Gasteiger partial charge in [0.25, 0.3) is 0 Å². The fourth-order valence-electron chi connectivity index (χ4n) is 3.25. The number of rotatable bonds is 5. The van der Waals surface area contributed by atoms with Crippen molar-refractivity contribution < 1.29 is 27.5 Å². The highest BCUT2D eigenvalue weighted by molar-refractivity contribution is 5.78. The van der Waals surface area contributed by atoms with Gasteiger partial charge in [-0.1, -0.05) is 30.3 Å². The largest absolute Gasteiger partial charge is 0.457 e. The molecule has 3 rings (SSSR count). The summed E-state index contributed by atoms with van der Waals surface area (Å²) in [6.45, 7) is 2.39. The summed E-state index contributed by atoms with van der Waals surface area (Å²) in [5.74, 6) is 0.441. The SMILES string of the molecule is CC(NC(=O)N1CCN(C(=O)CC(F)(F)F)CC1)c1ccc(Oc2ccccc2)cc1. The molecule has 1 fully saturated rings. The molecule has 1 N–H and O–H groups in total. The van der Waals surface area contributed by atoms with Gasteiger partial charge in [-0.15, -0.1) is 0 Å². The Kier molecular flexibility index (Phi) is 7.04. The quantitative estimate of drug-likeness (QED) is 0.760. The number of benzene rings is 2. The van der Waals surface area contributed by atoms with Crippen LogP contribution in [-0.2, 0) is 4.79 Å². The minimum Gasteiger partial charge on any atom is -0.457 e. The summed E-state index contributed by atoms with van der Waals surface area (Å²) in [4.78, 5) is 26.8. The molecule has 1 atom stereocenters. The van der Waals surface area contributed by atoms with Gasteiger partial charge in [0, 0.05) is 26.2 Å². The first kappa shape index (κ1) is 22.5. The Balaban J connectivity index is 1.48. The van der Waals surface area contributed by atoms with Gasteiger partial charge in [0.1, 0.15) is 17.9 Å². The zero-order chi connectivity index (χ0) is 22.4. The van der Waals surface area contributed by atoms with Crippen molar-refractivity contribution in [1.29, 1.82) is 0 Å². The molecule has 2 aromatic rings. The molecular formula is C22H24F3N3O3. The number of carbonyl (C=O) groups excluding carboxylic acids is 2. The van der Waals surface area contributed by atoms with Gasteiger partial charge < -0.3 is 19.9 Å². The Morgan fingerprint density at radius 1 is 0.935 bits per heavy atom. The highest BCUT2D eigenvalue weighted by Crippen LogP contribution is 2.24. The second-order valence-corrected chi connectivity index (χ2v) is 7.32. The Morgan fingerprint density at radius 2 is 1.48 bits per heavy atom. The predicted molar refractivity (Wildman–Crippen MR) is 109 cm³/mol. The fraction of sp³-hybridized carbons (Fsp3) is 0.364. The van der Waals surface area contributed by atoms with Gasteiger partial charge in [-0.05, 0) is 36.8 Å². The van der Waals surface area contributed by atoms with Gasteiger partial charge in [-0.2, -0.15) is 13.2 Å². The van der Waals surface area contributed by atoms with Crippen LogP contribution in [0.4, 0.5) is 18.0 Å². The Bertz CT molecular complexity index is 880. The maximum absolute atomic E-state index is 12.5. The number of ether oxygens (including phenoxy) is 1. The standard InChI is InChI=1S/C22H24F3N3O3/c1-16(17-7-9-19(10-8-17)31-18-5-3-2-4-6-18)26-21(30)28-13-11-27(12-14-28)20(29)15-22(23,24)25/h2-10,16H,11-15H2,1H3,(H,26,30). The van der Waals surface area contributed by atoms with Gasteiger partial charge in [-0.25, -0.2) is 4.79 Å². The third-order valence-electron chi connectivity index (χ3n) is 4.97. The lowest BCUT2D eigenvalue weighted by atomic mass is 10.1. The first-order valence-corrected chi connectivity index (χ1v) is 9.94. The van der Waals surface area contributed by atoms with Crippen LogP contribution in [0.15, 0.2) is 54.6 Å². The van der Waals surface area contributed by atoms with Crippen LogP contribution in [-0.4, -0.2) is 54.1 Å². The van der Waals surface area contributed by atoms with E-state index in [4.69, 9.17) is 4.74 Å². The number of nitrogens with zero attached hydrogens (tertiary/aromatic N) is 2. The van der Waals surface area contributed by atoms with E-state index in [0.717, 1.165) is 16.2 Å². The molecule has 1 aliphatic rings. The monoisotopic (exact) mass is 435 g/mol. The van der Waals surface area contributed by atoms with E-state index in [1.54, 1.807) is 0 Å². The molecule has 9 heteroatoms. The second kappa shape index (κ2) is 9.72. The lowest BCUT2D eigenvalue weighted by molar-refractivity contribution is -0.162. The van der Waals surface area contributed by atoms with Crippen molar-refractivity contribution in [3.63, 3.8) is 0 Å². The molecule has 1 heterocycles. The average molecular weight is 435 g/mol. The fourth-order valence-corrected chi connectivity index (χ4v) is 3.25. The van der Waals surface area contributed by atoms with Crippen LogP contribution in [0.3, 0.4) is 0 Å². The molecule has 0 aliphatic carbocycles. The minimum atomic E-state index is -4.53. The molecule has 1 saturated heterocycles. The topological polar surface area (TPSA) is 61.9 Å². The van der Waals surface area contributed by atoms with Gasteiger partial charge in [0.15, 0.2) is 0 Å². The number of para-hydroxylation sites is 1. The molecular weight excluding hydrogens is 411 g/mol. The maximum Gasteiger partial charge on any atom is 0.397 e. The van der Waals surface area contributed by atoms with E-state index in [9.17, 15) is 22.8 Å². The summed E-state index contributed by atoms with van der Waals surface area (Å²) in [7, 11) is 0. The van der Waals surface area contributed by atoms with E-state index in [0.29, 0.717) is 5.75 Å². The van der Waals surface area contributed by atoms with Crippen molar-refractivity contribution in [1.82, 2.24) is 15.1 Å². The van der Waals surface area contributed by atoms with Crippen LogP contribution >= 0.6 is 0 Å². The van der Waals surface area contributed by atoms with Crippen LogP contribution in [0.1, 0.15) is 24.9 Å². The van der Waals surface area contributed by atoms with E-state index in [1.165, 1.54) is 4.90 Å². The Morgan fingerprint density at radius 3 is 2.06 bits per heavy atom. The highest BCUT2D eigenvalue weighted by Gasteiger charge is 2.35. The number of urea groups is 1. The zero-order valence-corrected chi connectivity index (χ0v) is 17.1. The normalized spacial score (nSPS) is 15.4. The van der Waals surface area contributed by atoms with Crippen molar-refractivity contribution >= 4 is 11.9 Å². The van der Waals surface area contributed by atoms with Crippen LogP contribution in [0.2, 0.25) is 0 Å². The van der Waals surface area contributed by atoms with Gasteiger partial charge >= 0.3 is 12.2 Å². The lowest BCUT2D eigenvalue weighted by Crippen LogP contribution is -2.53. The average Bonchev–Trinajstić information content (AvgIpc) is 2.74. The third-order valence-corrected chi connectivity index (χ3v) is 4.97. The molecule has 3 amide bonds. The first-order chi connectivity index (χ1) is 14.7. The van der Waals surface area contributed by atoms with Crippen molar-refractivity contribution in [2.45, 2.75) is 25.6 Å². The van der Waals surface area contributed by atoms with Crippen molar-refractivity contribution in [2.75, 3.05) is 26.2 Å². The number of piperazine rings is 1. The van der Waals surface area contributed by atoms with Crippen LogP contribution < -0.4 is 10.1 Å². The van der Waals surface area contributed by atoms with Gasteiger partial charge in [0.05, 0.1) is 6.04 Å². The predicted octanol–water partition coefficient (Wildman–Crippen LogP) is 4.35. The van der Waals surface area contributed by atoms with E-state index in [1.807, 2.05) is 61.5 Å². The number of alkyl halides is 3.